The van der Waals surface area contributed by atoms with E-state index < -0.39 is 0 Å². The van der Waals surface area contributed by atoms with Crippen molar-refractivity contribution in [3.8, 4) is 11.3 Å². The highest BCUT2D eigenvalue weighted by Gasteiger charge is 2.03. The fraction of sp³-hybridized carbons (Fsp3) is 0.150. The Bertz CT molecular complexity index is 855. The van der Waals surface area contributed by atoms with Gasteiger partial charge in [0, 0.05) is 31.4 Å². The highest BCUT2D eigenvalue weighted by atomic mass is 15.3. The molecule has 0 radical (unpaired) electrons. The average molecular weight is 331 g/mol. The molecule has 0 saturated carbocycles. The summed E-state index contributed by atoms with van der Waals surface area (Å²) in [4.78, 5) is 10.9. The van der Waals surface area contributed by atoms with Crippen LogP contribution in [-0.2, 0) is 0 Å². The molecule has 1 aromatic heterocycles. The smallest absolute Gasteiger partial charge is 0.150 e. The van der Waals surface area contributed by atoms with Crippen molar-refractivity contribution in [1.29, 1.82) is 0 Å². The van der Waals surface area contributed by atoms with Gasteiger partial charge in [0.15, 0.2) is 0 Å². The highest BCUT2D eigenvalue weighted by molar-refractivity contribution is 5.81. The minimum atomic E-state index is 0.674. The van der Waals surface area contributed by atoms with Gasteiger partial charge < -0.3 is 4.90 Å². The quantitative estimate of drug-likeness (QED) is 0.568. The second kappa shape index (κ2) is 7.57. The number of hydrogen-bond donors (Lipinski definition) is 1. The maximum Gasteiger partial charge on any atom is 0.150 e. The zero-order valence-electron chi connectivity index (χ0n) is 14.6. The zero-order chi connectivity index (χ0) is 17.6. The number of nitrogens with zero attached hydrogens (tertiary/aromatic N) is 4. The molecule has 0 unspecified atom stereocenters. The summed E-state index contributed by atoms with van der Waals surface area (Å²) in [6.07, 6.45) is 1.78. The second-order valence-electron chi connectivity index (χ2n) is 5.91. The lowest BCUT2D eigenvalue weighted by Gasteiger charge is -2.11. The summed E-state index contributed by atoms with van der Waals surface area (Å²) in [6.45, 7) is 1.88. The molecule has 5 heteroatoms. The predicted molar refractivity (Wildman–Crippen MR) is 104 cm³/mol. The van der Waals surface area contributed by atoms with Crippen molar-refractivity contribution in [2.24, 2.45) is 5.10 Å². The molecule has 0 amide bonds. The maximum absolute atomic E-state index is 4.49. The number of anilines is 2. The third-order valence-corrected chi connectivity index (χ3v) is 3.71. The number of benzene rings is 2. The van der Waals surface area contributed by atoms with Crippen molar-refractivity contribution < 1.29 is 0 Å². The van der Waals surface area contributed by atoms with E-state index in [9.17, 15) is 0 Å². The summed E-state index contributed by atoms with van der Waals surface area (Å²) in [7, 11) is 4.04. The van der Waals surface area contributed by atoms with E-state index in [4.69, 9.17) is 0 Å². The van der Waals surface area contributed by atoms with E-state index in [0.717, 1.165) is 22.5 Å². The minimum Gasteiger partial charge on any atom is -0.378 e. The SMILES string of the molecule is Cc1nc(N/N=C/c2ccc(N(C)C)cc2)cc(-c2ccccc2)n1. The summed E-state index contributed by atoms with van der Waals surface area (Å²) in [6, 6.07) is 20.1. The molecule has 0 fully saturated rings. The van der Waals surface area contributed by atoms with Crippen LogP contribution < -0.4 is 10.3 Å². The molecule has 126 valence electrons. The van der Waals surface area contributed by atoms with E-state index in [-0.39, 0.29) is 0 Å². The van der Waals surface area contributed by atoms with Gasteiger partial charge in [0.1, 0.15) is 11.6 Å². The van der Waals surface area contributed by atoms with Crippen molar-refractivity contribution in [2.45, 2.75) is 6.92 Å². The lowest BCUT2D eigenvalue weighted by Crippen LogP contribution is -2.08. The van der Waals surface area contributed by atoms with Crippen LogP contribution in [0.25, 0.3) is 11.3 Å². The molecule has 0 spiro atoms. The molecule has 1 heterocycles. The minimum absolute atomic E-state index is 0.674. The van der Waals surface area contributed by atoms with E-state index in [1.807, 2.05) is 69.6 Å². The van der Waals surface area contributed by atoms with Gasteiger partial charge in [0.2, 0.25) is 0 Å². The third-order valence-electron chi connectivity index (χ3n) is 3.71. The zero-order valence-corrected chi connectivity index (χ0v) is 14.6. The van der Waals surface area contributed by atoms with Crippen LogP contribution >= 0.6 is 0 Å². The van der Waals surface area contributed by atoms with E-state index >= 15 is 0 Å². The predicted octanol–water partition coefficient (Wildman–Crippen LogP) is 3.96. The third kappa shape index (κ3) is 4.41. The van der Waals surface area contributed by atoms with Crippen LogP contribution in [0.2, 0.25) is 0 Å². The summed E-state index contributed by atoms with van der Waals surface area (Å²) in [5.41, 5.74) is 7.10. The Morgan fingerprint density at radius 1 is 0.960 bits per heavy atom. The van der Waals surface area contributed by atoms with E-state index in [2.05, 4.69) is 37.5 Å². The average Bonchev–Trinajstić information content (AvgIpc) is 2.62. The molecule has 0 bridgehead atoms. The number of hydrogen-bond acceptors (Lipinski definition) is 5. The second-order valence-corrected chi connectivity index (χ2v) is 5.91. The number of rotatable bonds is 5. The summed E-state index contributed by atoms with van der Waals surface area (Å²) >= 11 is 0. The van der Waals surface area contributed by atoms with Crippen LogP contribution in [0, 0.1) is 6.92 Å². The van der Waals surface area contributed by atoms with Crippen molar-refractivity contribution in [2.75, 3.05) is 24.4 Å². The van der Waals surface area contributed by atoms with Crippen molar-refractivity contribution in [3.05, 3.63) is 72.1 Å². The van der Waals surface area contributed by atoms with E-state index in [0.29, 0.717) is 11.6 Å². The van der Waals surface area contributed by atoms with Crippen LogP contribution in [0.15, 0.2) is 65.8 Å². The van der Waals surface area contributed by atoms with E-state index in [1.54, 1.807) is 6.21 Å². The van der Waals surface area contributed by atoms with Crippen LogP contribution in [0.4, 0.5) is 11.5 Å². The largest absolute Gasteiger partial charge is 0.378 e. The van der Waals surface area contributed by atoms with Gasteiger partial charge in [-0.2, -0.15) is 5.10 Å². The first-order chi connectivity index (χ1) is 12.1. The first-order valence-corrected chi connectivity index (χ1v) is 8.09. The molecule has 3 rings (SSSR count). The fourth-order valence-corrected chi connectivity index (χ4v) is 2.41. The Hall–Kier alpha value is -3.21. The summed E-state index contributed by atoms with van der Waals surface area (Å²) in [5, 5.41) is 4.28. The molecule has 3 aromatic rings. The number of aromatic nitrogens is 2. The molecule has 0 aliphatic heterocycles. The van der Waals surface area contributed by atoms with Crippen molar-refractivity contribution in [1.82, 2.24) is 9.97 Å². The Balaban J connectivity index is 1.73. The van der Waals surface area contributed by atoms with Gasteiger partial charge in [-0.25, -0.2) is 9.97 Å². The van der Waals surface area contributed by atoms with Crippen molar-refractivity contribution in [3.63, 3.8) is 0 Å². The van der Waals surface area contributed by atoms with Crippen LogP contribution in [0.1, 0.15) is 11.4 Å². The maximum atomic E-state index is 4.49. The van der Waals surface area contributed by atoms with Crippen LogP contribution in [0.5, 0.6) is 0 Å². The number of hydrazone groups is 1. The molecule has 0 aliphatic carbocycles. The molecule has 25 heavy (non-hydrogen) atoms. The Morgan fingerprint density at radius 3 is 2.36 bits per heavy atom. The molecular weight excluding hydrogens is 310 g/mol. The molecule has 0 saturated heterocycles. The Morgan fingerprint density at radius 2 is 1.68 bits per heavy atom. The first-order valence-electron chi connectivity index (χ1n) is 8.09. The molecule has 0 aliphatic rings. The van der Waals surface area contributed by atoms with Gasteiger partial charge in [0.25, 0.3) is 0 Å². The molecular formula is C20H21N5. The molecule has 1 N–H and O–H groups in total. The monoisotopic (exact) mass is 331 g/mol. The highest BCUT2D eigenvalue weighted by Crippen LogP contribution is 2.19. The normalized spacial score (nSPS) is 10.8. The lowest BCUT2D eigenvalue weighted by atomic mass is 10.1. The van der Waals surface area contributed by atoms with Gasteiger partial charge in [-0.3, -0.25) is 5.43 Å². The van der Waals surface area contributed by atoms with Crippen LogP contribution in [-0.4, -0.2) is 30.3 Å². The van der Waals surface area contributed by atoms with E-state index in [1.165, 1.54) is 0 Å². The van der Waals surface area contributed by atoms with Gasteiger partial charge in [-0.1, -0.05) is 42.5 Å². The van der Waals surface area contributed by atoms with Crippen LogP contribution in [0.3, 0.4) is 0 Å². The molecule has 0 atom stereocenters. The molecule has 2 aromatic carbocycles. The Labute approximate surface area is 148 Å². The number of aryl methyl sites for hydroxylation is 1. The summed E-state index contributed by atoms with van der Waals surface area (Å²) < 4.78 is 0. The van der Waals surface area contributed by atoms with Gasteiger partial charge in [-0.05, 0) is 24.6 Å². The standard InChI is InChI=1S/C20H21N5/c1-15-22-19(17-7-5-4-6-8-17)13-20(23-15)24-21-14-16-9-11-18(12-10-16)25(2)3/h4-14H,1-3H3,(H,22,23,24)/b21-14+. The Kier molecular flexibility index (Phi) is 5.04. The van der Waals surface area contributed by atoms with Gasteiger partial charge >= 0.3 is 0 Å². The topological polar surface area (TPSA) is 53.4 Å². The summed E-state index contributed by atoms with van der Waals surface area (Å²) in [5.74, 6) is 1.38. The lowest BCUT2D eigenvalue weighted by molar-refractivity contribution is 1.05. The first kappa shape index (κ1) is 16.6. The molecule has 5 nitrogen and oxygen atoms in total. The fourth-order valence-electron chi connectivity index (χ4n) is 2.41. The van der Waals surface area contributed by atoms with Gasteiger partial charge in [-0.15, -0.1) is 0 Å². The van der Waals surface area contributed by atoms with Crippen molar-refractivity contribution >= 4 is 17.7 Å². The number of nitrogens with one attached hydrogen (secondary N) is 1. The van der Waals surface area contributed by atoms with Gasteiger partial charge in [0.05, 0.1) is 11.9 Å².